The Balaban J connectivity index is 0.00000144. The lowest BCUT2D eigenvalue weighted by atomic mass is 10.2. The number of nitrogens with zero attached hydrogens (tertiary/aromatic N) is 1. The van der Waals surface area contributed by atoms with E-state index in [1.165, 1.54) is 11.4 Å². The number of benzene rings is 2. The second kappa shape index (κ2) is 6.31. The molecule has 0 atom stereocenters. The van der Waals surface area contributed by atoms with Gasteiger partial charge in [-0.05, 0) is 38.1 Å². The van der Waals surface area contributed by atoms with Crippen molar-refractivity contribution < 1.29 is 0 Å². The summed E-state index contributed by atoms with van der Waals surface area (Å²) in [5, 5.41) is 0. The third-order valence-electron chi connectivity index (χ3n) is 2.59. The number of rotatable bonds is 3. The van der Waals surface area contributed by atoms with E-state index < -0.39 is 0 Å². The van der Waals surface area contributed by atoms with Crippen molar-refractivity contribution in [2.24, 2.45) is 0 Å². The van der Waals surface area contributed by atoms with Crippen molar-refractivity contribution in [3.8, 4) is 0 Å². The van der Waals surface area contributed by atoms with Crippen molar-refractivity contribution in [2.45, 2.75) is 19.9 Å². The zero-order valence-corrected chi connectivity index (χ0v) is 11.0. The normalized spacial score (nSPS) is 9.82. The topological polar surface area (TPSA) is 3.24 Å². The summed E-state index contributed by atoms with van der Waals surface area (Å²) in [6.45, 7) is 4.42. The Labute approximate surface area is 109 Å². The van der Waals surface area contributed by atoms with Gasteiger partial charge < -0.3 is 4.90 Å². The van der Waals surface area contributed by atoms with Crippen LogP contribution in [0.5, 0.6) is 0 Å². The molecule has 0 unspecified atom stereocenters. The van der Waals surface area contributed by atoms with Crippen LogP contribution in [0.25, 0.3) is 0 Å². The molecular weight excluding hydrogens is 230 g/mol. The Kier molecular flexibility index (Phi) is 5.05. The Bertz CT molecular complexity index is 386. The van der Waals surface area contributed by atoms with Crippen molar-refractivity contribution in [2.75, 3.05) is 4.90 Å². The van der Waals surface area contributed by atoms with E-state index >= 15 is 0 Å². The quantitative estimate of drug-likeness (QED) is 0.763. The molecule has 0 bridgehead atoms. The molecule has 0 spiro atoms. The van der Waals surface area contributed by atoms with Gasteiger partial charge in [-0.15, -0.1) is 12.4 Å². The van der Waals surface area contributed by atoms with E-state index in [1.807, 2.05) is 12.1 Å². The molecule has 0 N–H and O–H groups in total. The van der Waals surface area contributed by atoms with Crippen LogP contribution < -0.4 is 4.90 Å². The summed E-state index contributed by atoms with van der Waals surface area (Å²) in [5.41, 5.74) is 2.48. The molecule has 0 aromatic heterocycles. The van der Waals surface area contributed by atoms with Crippen LogP contribution in [0.2, 0.25) is 0 Å². The zero-order valence-electron chi connectivity index (χ0n) is 10.2. The van der Waals surface area contributed by atoms with E-state index in [9.17, 15) is 0 Å². The van der Waals surface area contributed by atoms with Crippen LogP contribution in [-0.2, 0) is 0 Å². The Morgan fingerprint density at radius 1 is 0.706 bits per heavy atom. The summed E-state index contributed by atoms with van der Waals surface area (Å²) in [6.07, 6.45) is 0. The molecule has 2 heteroatoms. The van der Waals surface area contributed by atoms with E-state index in [0.29, 0.717) is 6.04 Å². The molecule has 0 aliphatic carbocycles. The van der Waals surface area contributed by atoms with Crippen LogP contribution >= 0.6 is 12.4 Å². The van der Waals surface area contributed by atoms with Gasteiger partial charge in [0.05, 0.1) is 0 Å². The van der Waals surface area contributed by atoms with Gasteiger partial charge in [0.1, 0.15) is 0 Å². The monoisotopic (exact) mass is 247 g/mol. The smallest absolute Gasteiger partial charge is 0.0413 e. The summed E-state index contributed by atoms with van der Waals surface area (Å²) in [5.74, 6) is 0. The fourth-order valence-electron chi connectivity index (χ4n) is 1.92. The van der Waals surface area contributed by atoms with E-state index in [-0.39, 0.29) is 12.4 Å². The first kappa shape index (κ1) is 13.6. The average molecular weight is 248 g/mol. The highest BCUT2D eigenvalue weighted by molar-refractivity contribution is 5.85. The van der Waals surface area contributed by atoms with Crippen LogP contribution in [0.1, 0.15) is 13.8 Å². The summed E-state index contributed by atoms with van der Waals surface area (Å²) in [6, 6.07) is 21.4. The second-order valence-corrected chi connectivity index (χ2v) is 4.13. The molecule has 17 heavy (non-hydrogen) atoms. The fourth-order valence-corrected chi connectivity index (χ4v) is 1.92. The highest BCUT2D eigenvalue weighted by atomic mass is 35.5. The molecule has 0 amide bonds. The average Bonchev–Trinajstić information content (AvgIpc) is 2.31. The molecule has 0 saturated carbocycles. The first-order chi connectivity index (χ1) is 7.79. The second-order valence-electron chi connectivity index (χ2n) is 4.13. The van der Waals surface area contributed by atoms with Crippen LogP contribution in [0.15, 0.2) is 60.7 Å². The molecule has 90 valence electrons. The lowest BCUT2D eigenvalue weighted by Gasteiger charge is -2.29. The number of anilines is 2. The largest absolute Gasteiger partial charge is 0.339 e. The minimum atomic E-state index is 0. The Hall–Kier alpha value is -1.47. The maximum atomic E-state index is 2.33. The van der Waals surface area contributed by atoms with Crippen molar-refractivity contribution >= 4 is 23.8 Å². The van der Waals surface area contributed by atoms with Gasteiger partial charge in [-0.2, -0.15) is 0 Å². The SMILES string of the molecule is CC(C)N(c1ccccc1)c1ccccc1.Cl. The van der Waals surface area contributed by atoms with Crippen LogP contribution in [0.4, 0.5) is 11.4 Å². The van der Waals surface area contributed by atoms with E-state index in [2.05, 4.69) is 67.3 Å². The number of halogens is 1. The summed E-state index contributed by atoms with van der Waals surface area (Å²) < 4.78 is 0. The molecule has 2 aromatic carbocycles. The van der Waals surface area contributed by atoms with Crippen LogP contribution in [-0.4, -0.2) is 6.04 Å². The molecule has 0 heterocycles. The summed E-state index contributed by atoms with van der Waals surface area (Å²) in [7, 11) is 0. The molecule has 0 aliphatic heterocycles. The predicted octanol–water partition coefficient (Wildman–Crippen LogP) is 4.65. The predicted molar refractivity (Wildman–Crippen MR) is 77.4 cm³/mol. The molecule has 0 fully saturated rings. The van der Waals surface area contributed by atoms with Gasteiger partial charge in [-0.25, -0.2) is 0 Å². The standard InChI is InChI=1S/C15H17N.ClH/c1-13(2)16(14-9-5-3-6-10-14)15-11-7-4-8-12-15;/h3-13H,1-2H3;1H. The minimum absolute atomic E-state index is 0. The molecule has 0 saturated heterocycles. The summed E-state index contributed by atoms with van der Waals surface area (Å²) in [4.78, 5) is 2.33. The highest BCUT2D eigenvalue weighted by Crippen LogP contribution is 2.26. The Morgan fingerprint density at radius 2 is 1.06 bits per heavy atom. The third-order valence-corrected chi connectivity index (χ3v) is 2.59. The lowest BCUT2D eigenvalue weighted by Crippen LogP contribution is -2.25. The van der Waals surface area contributed by atoms with E-state index in [0.717, 1.165) is 0 Å². The van der Waals surface area contributed by atoms with Gasteiger partial charge in [0.2, 0.25) is 0 Å². The van der Waals surface area contributed by atoms with Gasteiger partial charge >= 0.3 is 0 Å². The van der Waals surface area contributed by atoms with Crippen molar-refractivity contribution in [1.29, 1.82) is 0 Å². The molecule has 2 aromatic rings. The molecule has 2 rings (SSSR count). The summed E-state index contributed by atoms with van der Waals surface area (Å²) >= 11 is 0. The van der Waals surface area contributed by atoms with E-state index in [4.69, 9.17) is 0 Å². The number of para-hydroxylation sites is 2. The fraction of sp³-hybridized carbons (Fsp3) is 0.200. The number of hydrogen-bond acceptors (Lipinski definition) is 1. The maximum Gasteiger partial charge on any atom is 0.0413 e. The molecular formula is C15H18ClN. The van der Waals surface area contributed by atoms with Gasteiger partial charge in [0.15, 0.2) is 0 Å². The van der Waals surface area contributed by atoms with Crippen molar-refractivity contribution in [3.63, 3.8) is 0 Å². The van der Waals surface area contributed by atoms with Crippen molar-refractivity contribution in [3.05, 3.63) is 60.7 Å². The van der Waals surface area contributed by atoms with Gasteiger partial charge in [-0.1, -0.05) is 36.4 Å². The maximum absolute atomic E-state index is 2.33. The lowest BCUT2D eigenvalue weighted by molar-refractivity contribution is 0.789. The molecule has 1 nitrogen and oxygen atoms in total. The first-order valence-electron chi connectivity index (χ1n) is 5.68. The van der Waals surface area contributed by atoms with Crippen molar-refractivity contribution in [1.82, 2.24) is 0 Å². The minimum Gasteiger partial charge on any atom is -0.339 e. The van der Waals surface area contributed by atoms with E-state index in [1.54, 1.807) is 0 Å². The zero-order chi connectivity index (χ0) is 11.4. The van der Waals surface area contributed by atoms with Gasteiger partial charge in [-0.3, -0.25) is 0 Å². The first-order valence-corrected chi connectivity index (χ1v) is 5.68. The molecule has 0 aliphatic rings. The Morgan fingerprint density at radius 3 is 1.35 bits per heavy atom. The third kappa shape index (κ3) is 3.24. The van der Waals surface area contributed by atoms with Gasteiger partial charge in [0, 0.05) is 17.4 Å². The highest BCUT2D eigenvalue weighted by Gasteiger charge is 2.11. The molecule has 0 radical (unpaired) electrons. The van der Waals surface area contributed by atoms with Gasteiger partial charge in [0.25, 0.3) is 0 Å². The number of hydrogen-bond donors (Lipinski definition) is 0. The van der Waals surface area contributed by atoms with Crippen LogP contribution in [0, 0.1) is 0 Å². The van der Waals surface area contributed by atoms with Crippen LogP contribution in [0.3, 0.4) is 0 Å².